The van der Waals surface area contributed by atoms with E-state index in [1.165, 1.54) is 7.11 Å². The zero-order valence-electron chi connectivity index (χ0n) is 14.1. The van der Waals surface area contributed by atoms with Crippen molar-refractivity contribution in [3.63, 3.8) is 0 Å². The summed E-state index contributed by atoms with van der Waals surface area (Å²) in [5.41, 5.74) is 1.62. The molecule has 1 saturated heterocycles. The fourth-order valence-electron chi connectivity index (χ4n) is 2.87. The second-order valence-corrected chi connectivity index (χ2v) is 5.77. The lowest BCUT2D eigenvalue weighted by Gasteiger charge is -2.35. The van der Waals surface area contributed by atoms with Crippen molar-refractivity contribution < 1.29 is 14.3 Å². The number of para-hydroxylation sites is 3. The van der Waals surface area contributed by atoms with Crippen LogP contribution in [0.1, 0.15) is 0 Å². The number of rotatable bonds is 3. The predicted molar refractivity (Wildman–Crippen MR) is 96.9 cm³/mol. The summed E-state index contributed by atoms with van der Waals surface area (Å²) in [6.07, 6.45) is 0. The van der Waals surface area contributed by atoms with Crippen molar-refractivity contribution in [2.45, 2.75) is 0 Å². The van der Waals surface area contributed by atoms with Crippen molar-refractivity contribution in [1.29, 1.82) is 0 Å². The Labute approximate surface area is 147 Å². The summed E-state index contributed by atoms with van der Waals surface area (Å²) in [6, 6.07) is 17.1. The topological polar surface area (TPSA) is 61.9 Å². The molecule has 0 saturated carbocycles. The van der Waals surface area contributed by atoms with E-state index in [1.807, 2.05) is 30.3 Å². The van der Waals surface area contributed by atoms with Crippen LogP contribution < -0.4 is 15.0 Å². The molecular weight excluding hydrogens is 318 g/mol. The molecule has 6 heteroatoms. The monoisotopic (exact) mass is 339 g/mol. The molecule has 2 aromatic rings. The van der Waals surface area contributed by atoms with Crippen LogP contribution in [-0.4, -0.2) is 50.0 Å². The Morgan fingerprint density at radius 2 is 1.56 bits per heavy atom. The van der Waals surface area contributed by atoms with Crippen molar-refractivity contribution in [3.05, 3.63) is 54.6 Å². The lowest BCUT2D eigenvalue weighted by atomic mass is 10.2. The van der Waals surface area contributed by atoms with Crippen LogP contribution in [0, 0.1) is 0 Å². The summed E-state index contributed by atoms with van der Waals surface area (Å²) in [5, 5.41) is 2.63. The molecule has 1 aliphatic rings. The van der Waals surface area contributed by atoms with E-state index < -0.39 is 11.8 Å². The Morgan fingerprint density at radius 3 is 2.24 bits per heavy atom. The van der Waals surface area contributed by atoms with Crippen LogP contribution in [0.4, 0.5) is 11.4 Å². The molecule has 2 amide bonds. The van der Waals surface area contributed by atoms with Gasteiger partial charge >= 0.3 is 11.8 Å². The number of hydrogen-bond acceptors (Lipinski definition) is 4. The number of nitrogens with zero attached hydrogens (tertiary/aromatic N) is 2. The molecular formula is C19H21N3O3. The molecule has 1 aliphatic heterocycles. The van der Waals surface area contributed by atoms with E-state index >= 15 is 0 Å². The quantitative estimate of drug-likeness (QED) is 0.869. The van der Waals surface area contributed by atoms with Gasteiger partial charge in [-0.3, -0.25) is 9.59 Å². The third-order valence-corrected chi connectivity index (χ3v) is 4.24. The van der Waals surface area contributed by atoms with Gasteiger partial charge in [0, 0.05) is 31.9 Å². The van der Waals surface area contributed by atoms with E-state index in [2.05, 4.69) is 10.2 Å². The van der Waals surface area contributed by atoms with E-state index in [1.54, 1.807) is 29.2 Å². The van der Waals surface area contributed by atoms with Gasteiger partial charge < -0.3 is 19.9 Å². The minimum absolute atomic E-state index is 0.492. The van der Waals surface area contributed by atoms with E-state index in [-0.39, 0.29) is 0 Å². The highest BCUT2D eigenvalue weighted by molar-refractivity contribution is 6.39. The third-order valence-electron chi connectivity index (χ3n) is 4.24. The zero-order chi connectivity index (χ0) is 17.6. The van der Waals surface area contributed by atoms with Crippen LogP contribution in [0.15, 0.2) is 54.6 Å². The van der Waals surface area contributed by atoms with Gasteiger partial charge in [0.15, 0.2) is 0 Å². The maximum Gasteiger partial charge on any atom is 0.314 e. The van der Waals surface area contributed by atoms with Gasteiger partial charge in [-0.1, -0.05) is 30.3 Å². The number of methoxy groups -OCH3 is 1. The van der Waals surface area contributed by atoms with Crippen LogP contribution >= 0.6 is 0 Å². The van der Waals surface area contributed by atoms with E-state index in [4.69, 9.17) is 4.74 Å². The minimum Gasteiger partial charge on any atom is -0.495 e. The molecule has 0 aromatic heterocycles. The number of nitrogens with one attached hydrogen (secondary N) is 1. The normalized spacial score (nSPS) is 14.1. The maximum absolute atomic E-state index is 12.4. The Balaban J connectivity index is 1.58. The smallest absolute Gasteiger partial charge is 0.314 e. The van der Waals surface area contributed by atoms with Crippen LogP contribution in [0.3, 0.4) is 0 Å². The number of piperazine rings is 1. The highest BCUT2D eigenvalue weighted by atomic mass is 16.5. The first kappa shape index (κ1) is 16.8. The van der Waals surface area contributed by atoms with Crippen molar-refractivity contribution in [2.24, 2.45) is 0 Å². The molecule has 1 heterocycles. The standard InChI is InChI=1S/C19H21N3O3/c1-25-17-10-6-5-9-16(17)20-18(23)19(24)22-13-11-21(12-14-22)15-7-3-2-4-8-15/h2-10H,11-14H2,1H3,(H,20,23). The Bertz CT molecular complexity index is 741. The minimum atomic E-state index is -0.641. The molecule has 1 N–H and O–H groups in total. The first-order valence-corrected chi connectivity index (χ1v) is 8.22. The molecule has 0 atom stereocenters. The van der Waals surface area contributed by atoms with Gasteiger partial charge in [0.1, 0.15) is 5.75 Å². The van der Waals surface area contributed by atoms with Gasteiger partial charge in [0.25, 0.3) is 0 Å². The van der Waals surface area contributed by atoms with Crippen LogP contribution in [0.5, 0.6) is 5.75 Å². The Kier molecular flexibility index (Phi) is 5.18. The number of anilines is 2. The van der Waals surface area contributed by atoms with Gasteiger partial charge in [-0.25, -0.2) is 0 Å². The molecule has 6 nitrogen and oxygen atoms in total. The number of carbonyl (C=O) groups excluding carboxylic acids is 2. The number of ether oxygens (including phenoxy) is 1. The first-order chi connectivity index (χ1) is 12.2. The van der Waals surface area contributed by atoms with E-state index in [9.17, 15) is 9.59 Å². The van der Waals surface area contributed by atoms with Crippen LogP contribution in [-0.2, 0) is 9.59 Å². The number of benzene rings is 2. The molecule has 0 unspecified atom stereocenters. The van der Waals surface area contributed by atoms with Crippen molar-refractivity contribution in [2.75, 3.05) is 43.5 Å². The van der Waals surface area contributed by atoms with E-state index in [0.29, 0.717) is 37.6 Å². The van der Waals surface area contributed by atoms with Crippen molar-refractivity contribution in [3.8, 4) is 5.75 Å². The summed E-state index contributed by atoms with van der Waals surface area (Å²) < 4.78 is 5.19. The Morgan fingerprint density at radius 1 is 0.920 bits per heavy atom. The molecule has 0 spiro atoms. The first-order valence-electron chi connectivity index (χ1n) is 8.22. The molecule has 2 aromatic carbocycles. The van der Waals surface area contributed by atoms with Gasteiger partial charge in [0.05, 0.1) is 12.8 Å². The summed E-state index contributed by atoms with van der Waals surface area (Å²) in [5.74, 6) is -0.631. The number of carbonyl (C=O) groups is 2. The van der Waals surface area contributed by atoms with Crippen LogP contribution in [0.25, 0.3) is 0 Å². The Hall–Kier alpha value is -3.02. The van der Waals surface area contributed by atoms with Gasteiger partial charge in [-0.2, -0.15) is 0 Å². The van der Waals surface area contributed by atoms with Gasteiger partial charge in [-0.15, -0.1) is 0 Å². The molecule has 0 bridgehead atoms. The van der Waals surface area contributed by atoms with Crippen molar-refractivity contribution >= 4 is 23.2 Å². The lowest BCUT2D eigenvalue weighted by molar-refractivity contribution is -0.143. The maximum atomic E-state index is 12.4. The molecule has 130 valence electrons. The second kappa shape index (κ2) is 7.70. The lowest BCUT2D eigenvalue weighted by Crippen LogP contribution is -2.51. The van der Waals surface area contributed by atoms with Gasteiger partial charge in [-0.05, 0) is 24.3 Å². The van der Waals surface area contributed by atoms with Gasteiger partial charge in [0.2, 0.25) is 0 Å². The molecule has 1 fully saturated rings. The second-order valence-electron chi connectivity index (χ2n) is 5.77. The fourth-order valence-corrected chi connectivity index (χ4v) is 2.87. The number of amides is 2. The fraction of sp³-hybridized carbons (Fsp3) is 0.263. The zero-order valence-corrected chi connectivity index (χ0v) is 14.1. The third kappa shape index (κ3) is 3.91. The summed E-state index contributed by atoms with van der Waals surface area (Å²) >= 11 is 0. The molecule has 0 aliphatic carbocycles. The average molecular weight is 339 g/mol. The highest BCUT2D eigenvalue weighted by Crippen LogP contribution is 2.23. The van der Waals surface area contributed by atoms with E-state index in [0.717, 1.165) is 5.69 Å². The largest absolute Gasteiger partial charge is 0.495 e. The summed E-state index contributed by atoms with van der Waals surface area (Å²) in [7, 11) is 1.52. The molecule has 3 rings (SSSR count). The SMILES string of the molecule is COc1ccccc1NC(=O)C(=O)N1CCN(c2ccccc2)CC1. The molecule has 25 heavy (non-hydrogen) atoms. The number of hydrogen-bond donors (Lipinski definition) is 1. The molecule has 0 radical (unpaired) electrons. The van der Waals surface area contributed by atoms with Crippen LogP contribution in [0.2, 0.25) is 0 Å². The van der Waals surface area contributed by atoms with Crippen molar-refractivity contribution in [1.82, 2.24) is 4.90 Å². The highest BCUT2D eigenvalue weighted by Gasteiger charge is 2.26. The predicted octanol–water partition coefficient (Wildman–Crippen LogP) is 1.98. The summed E-state index contributed by atoms with van der Waals surface area (Å²) in [4.78, 5) is 28.5. The summed E-state index contributed by atoms with van der Waals surface area (Å²) in [6.45, 7) is 2.45. The average Bonchev–Trinajstić information content (AvgIpc) is 2.68.